The highest BCUT2D eigenvalue weighted by atomic mass is 32.2. The molecule has 0 aliphatic carbocycles. The van der Waals surface area contributed by atoms with Crippen molar-refractivity contribution in [3.8, 4) is 0 Å². The van der Waals surface area contributed by atoms with E-state index in [2.05, 4.69) is 60.0 Å². The van der Waals surface area contributed by atoms with Crippen LogP contribution in [0.25, 0.3) is 0 Å². The van der Waals surface area contributed by atoms with Crippen LogP contribution in [0.1, 0.15) is 44.7 Å². The quantitative estimate of drug-likeness (QED) is 0.630. The number of rotatable bonds is 8. The standard InChI is InChI=1S/C23H33N3O3S2/c1-23(2,3)19-8-6-18(7-9-19)10-13-24-21(27)17-26-14-11-20(12-15-26)25-31(28,29)22-5-4-16-30-22/h4-9,16,20,25H,10-15,17H2,1-3H3,(H,24,27). The molecule has 6 nitrogen and oxygen atoms in total. The highest BCUT2D eigenvalue weighted by Gasteiger charge is 2.25. The van der Waals surface area contributed by atoms with Gasteiger partial charge in [-0.25, -0.2) is 13.1 Å². The fourth-order valence-corrected chi connectivity index (χ4v) is 5.99. The van der Waals surface area contributed by atoms with Crippen molar-refractivity contribution in [3.05, 3.63) is 52.9 Å². The molecule has 1 aliphatic heterocycles. The van der Waals surface area contributed by atoms with Crippen LogP contribution in [-0.4, -0.2) is 51.4 Å². The van der Waals surface area contributed by atoms with E-state index in [-0.39, 0.29) is 17.4 Å². The Bertz CT molecular complexity index is 941. The van der Waals surface area contributed by atoms with Crippen LogP contribution in [0.5, 0.6) is 0 Å². The van der Waals surface area contributed by atoms with Crippen LogP contribution in [-0.2, 0) is 26.7 Å². The van der Waals surface area contributed by atoms with Gasteiger partial charge < -0.3 is 5.32 Å². The van der Waals surface area contributed by atoms with Gasteiger partial charge in [0, 0.05) is 25.7 Å². The summed E-state index contributed by atoms with van der Waals surface area (Å²) >= 11 is 1.22. The monoisotopic (exact) mass is 463 g/mol. The van der Waals surface area contributed by atoms with Gasteiger partial charge in [0.05, 0.1) is 6.54 Å². The van der Waals surface area contributed by atoms with Crippen LogP contribution >= 0.6 is 11.3 Å². The van der Waals surface area contributed by atoms with Gasteiger partial charge in [-0.1, -0.05) is 51.1 Å². The highest BCUT2D eigenvalue weighted by Crippen LogP contribution is 2.22. The van der Waals surface area contributed by atoms with Crippen molar-refractivity contribution in [2.45, 2.75) is 55.7 Å². The van der Waals surface area contributed by atoms with E-state index in [1.165, 1.54) is 22.5 Å². The molecule has 0 atom stereocenters. The molecule has 2 N–H and O–H groups in total. The van der Waals surface area contributed by atoms with Crippen LogP contribution in [0, 0.1) is 0 Å². The largest absolute Gasteiger partial charge is 0.355 e. The molecule has 1 aliphatic rings. The maximum Gasteiger partial charge on any atom is 0.250 e. The number of thiophene rings is 1. The Hall–Kier alpha value is -1.74. The van der Waals surface area contributed by atoms with Crippen LogP contribution in [0.4, 0.5) is 0 Å². The second-order valence-electron chi connectivity index (χ2n) is 9.15. The number of hydrogen-bond donors (Lipinski definition) is 2. The van der Waals surface area contributed by atoms with Crippen molar-refractivity contribution in [2.24, 2.45) is 0 Å². The normalized spacial score (nSPS) is 16.4. The van der Waals surface area contributed by atoms with E-state index < -0.39 is 10.0 Å². The summed E-state index contributed by atoms with van der Waals surface area (Å²) in [5.41, 5.74) is 2.66. The summed E-state index contributed by atoms with van der Waals surface area (Å²) in [6, 6.07) is 11.9. The third kappa shape index (κ3) is 7.14. The predicted molar refractivity (Wildman–Crippen MR) is 126 cm³/mol. The van der Waals surface area contributed by atoms with Gasteiger partial charge in [0.2, 0.25) is 15.9 Å². The summed E-state index contributed by atoms with van der Waals surface area (Å²) in [5, 5.41) is 4.76. The van der Waals surface area contributed by atoms with Crippen LogP contribution in [0.15, 0.2) is 46.0 Å². The number of likely N-dealkylation sites (tertiary alicyclic amines) is 1. The van der Waals surface area contributed by atoms with Crippen molar-refractivity contribution < 1.29 is 13.2 Å². The lowest BCUT2D eigenvalue weighted by atomic mass is 9.86. The lowest BCUT2D eigenvalue weighted by Gasteiger charge is -2.31. The minimum Gasteiger partial charge on any atom is -0.355 e. The first-order valence-corrected chi connectivity index (χ1v) is 13.1. The average Bonchev–Trinajstić information content (AvgIpc) is 3.25. The van der Waals surface area contributed by atoms with Gasteiger partial charge in [-0.3, -0.25) is 9.69 Å². The molecule has 0 spiro atoms. The van der Waals surface area contributed by atoms with E-state index in [4.69, 9.17) is 0 Å². The van der Waals surface area contributed by atoms with E-state index in [1.807, 2.05) is 0 Å². The Kier molecular flexibility index (Phi) is 7.91. The lowest BCUT2D eigenvalue weighted by Crippen LogP contribution is -2.47. The molecule has 0 radical (unpaired) electrons. The number of nitrogens with zero attached hydrogens (tertiary/aromatic N) is 1. The molecule has 1 aromatic carbocycles. The van der Waals surface area contributed by atoms with Crippen molar-refractivity contribution >= 4 is 27.3 Å². The molecule has 31 heavy (non-hydrogen) atoms. The minimum atomic E-state index is -3.44. The first-order valence-electron chi connectivity index (χ1n) is 10.8. The summed E-state index contributed by atoms with van der Waals surface area (Å²) < 4.78 is 27.8. The van der Waals surface area contributed by atoms with E-state index in [0.717, 1.165) is 6.42 Å². The Balaban J connectivity index is 1.35. The van der Waals surface area contributed by atoms with Gasteiger partial charge in [-0.2, -0.15) is 0 Å². The first-order chi connectivity index (χ1) is 14.6. The number of carbonyl (C=O) groups excluding carboxylic acids is 1. The first kappa shape index (κ1) is 23.9. The van der Waals surface area contributed by atoms with Crippen LogP contribution in [0.3, 0.4) is 0 Å². The lowest BCUT2D eigenvalue weighted by molar-refractivity contribution is -0.122. The number of amides is 1. The second kappa shape index (κ2) is 10.3. The number of sulfonamides is 1. The molecule has 1 aromatic heterocycles. The third-order valence-corrected chi connectivity index (χ3v) is 8.51. The Morgan fingerprint density at radius 1 is 1.13 bits per heavy atom. The van der Waals surface area contributed by atoms with E-state index in [0.29, 0.717) is 43.2 Å². The van der Waals surface area contributed by atoms with Crippen LogP contribution in [0.2, 0.25) is 0 Å². The third-order valence-electron chi connectivity index (χ3n) is 5.59. The smallest absolute Gasteiger partial charge is 0.250 e. The summed E-state index contributed by atoms with van der Waals surface area (Å²) in [4.78, 5) is 14.4. The Labute approximate surface area is 190 Å². The molecule has 0 unspecified atom stereocenters. The Morgan fingerprint density at radius 2 is 1.81 bits per heavy atom. The zero-order valence-corrected chi connectivity index (χ0v) is 20.2. The number of benzene rings is 1. The maximum atomic E-state index is 12.3. The molecule has 2 heterocycles. The molecule has 170 valence electrons. The number of carbonyl (C=O) groups is 1. The fraction of sp³-hybridized carbons (Fsp3) is 0.522. The van der Waals surface area contributed by atoms with E-state index >= 15 is 0 Å². The molecule has 1 amide bonds. The molecule has 3 rings (SSSR count). The summed E-state index contributed by atoms with van der Waals surface area (Å²) in [6.07, 6.45) is 2.22. The van der Waals surface area contributed by atoms with E-state index in [1.54, 1.807) is 17.5 Å². The van der Waals surface area contributed by atoms with Gasteiger partial charge in [0.15, 0.2) is 0 Å². The number of nitrogens with one attached hydrogen (secondary N) is 2. The van der Waals surface area contributed by atoms with Gasteiger partial charge in [0.1, 0.15) is 4.21 Å². The van der Waals surface area contributed by atoms with Gasteiger partial charge in [-0.05, 0) is 47.3 Å². The van der Waals surface area contributed by atoms with Crippen LogP contribution < -0.4 is 10.0 Å². The molecular formula is C23H33N3O3S2. The van der Waals surface area contributed by atoms with Gasteiger partial charge in [-0.15, -0.1) is 11.3 Å². The summed E-state index contributed by atoms with van der Waals surface area (Å²) in [7, 11) is -3.44. The molecule has 2 aromatic rings. The fourth-order valence-electron chi connectivity index (χ4n) is 3.68. The molecule has 1 fully saturated rings. The van der Waals surface area contributed by atoms with Gasteiger partial charge in [0.25, 0.3) is 0 Å². The number of piperidine rings is 1. The van der Waals surface area contributed by atoms with E-state index in [9.17, 15) is 13.2 Å². The molecule has 0 saturated carbocycles. The zero-order chi connectivity index (χ0) is 22.5. The van der Waals surface area contributed by atoms with Crippen molar-refractivity contribution in [1.29, 1.82) is 0 Å². The topological polar surface area (TPSA) is 78.5 Å². The van der Waals surface area contributed by atoms with Crippen molar-refractivity contribution in [3.63, 3.8) is 0 Å². The van der Waals surface area contributed by atoms with Crippen molar-refractivity contribution in [1.82, 2.24) is 14.9 Å². The molecule has 8 heteroatoms. The SMILES string of the molecule is CC(C)(C)c1ccc(CCNC(=O)CN2CCC(NS(=O)(=O)c3cccs3)CC2)cc1. The molecular weight excluding hydrogens is 430 g/mol. The maximum absolute atomic E-state index is 12.3. The zero-order valence-electron chi connectivity index (χ0n) is 18.6. The predicted octanol–water partition coefficient (Wildman–Crippen LogP) is 3.15. The van der Waals surface area contributed by atoms with Crippen molar-refractivity contribution in [2.75, 3.05) is 26.2 Å². The molecule has 0 bridgehead atoms. The minimum absolute atomic E-state index is 0.0175. The average molecular weight is 464 g/mol. The summed E-state index contributed by atoms with van der Waals surface area (Å²) in [6.45, 7) is 8.98. The summed E-state index contributed by atoms with van der Waals surface area (Å²) in [5.74, 6) is 0.0175. The molecule has 1 saturated heterocycles. The Morgan fingerprint density at radius 3 is 2.39 bits per heavy atom. The highest BCUT2D eigenvalue weighted by molar-refractivity contribution is 7.91. The van der Waals surface area contributed by atoms with Gasteiger partial charge >= 0.3 is 0 Å². The number of hydrogen-bond acceptors (Lipinski definition) is 5. The second-order valence-corrected chi connectivity index (χ2v) is 12.0.